The Morgan fingerprint density at radius 2 is 2.00 bits per heavy atom. The standard InChI is InChI=1S/C16H15ClN4O/c17-13-5-3-12(4-6-13)14(21-9-1-2-10-21)11-15(22)20-16-18-7-8-19-16/h1-10,14H,11H2,(H2,18,19,20,22)/t14-/m1/s1. The van der Waals surface area contributed by atoms with Crippen LogP contribution in [0.4, 0.5) is 5.95 Å². The molecule has 0 aliphatic heterocycles. The Labute approximate surface area is 133 Å². The first kappa shape index (κ1) is 14.4. The minimum absolute atomic E-state index is 0.0952. The second kappa shape index (κ2) is 6.49. The SMILES string of the molecule is O=C(C[C@H](c1ccc(Cl)cc1)n1cccc1)Nc1ncc[nH]1. The molecule has 1 atom stereocenters. The molecule has 3 rings (SSSR count). The number of carbonyl (C=O) groups is 1. The van der Waals surface area contributed by atoms with Crippen molar-refractivity contribution >= 4 is 23.5 Å². The lowest BCUT2D eigenvalue weighted by molar-refractivity contribution is -0.116. The maximum Gasteiger partial charge on any atom is 0.229 e. The number of benzene rings is 1. The molecule has 1 amide bonds. The molecule has 0 saturated heterocycles. The van der Waals surface area contributed by atoms with Crippen LogP contribution in [0.25, 0.3) is 0 Å². The van der Waals surface area contributed by atoms with Gasteiger partial charge in [0.15, 0.2) is 0 Å². The van der Waals surface area contributed by atoms with Crippen LogP contribution in [0, 0.1) is 0 Å². The van der Waals surface area contributed by atoms with E-state index in [9.17, 15) is 4.79 Å². The topological polar surface area (TPSA) is 62.7 Å². The Balaban J connectivity index is 1.80. The minimum Gasteiger partial charge on any atom is -0.346 e. The lowest BCUT2D eigenvalue weighted by Gasteiger charge is -2.19. The van der Waals surface area contributed by atoms with Gasteiger partial charge in [-0.25, -0.2) is 4.98 Å². The zero-order valence-corrected chi connectivity index (χ0v) is 12.5. The number of H-pyrrole nitrogens is 1. The number of imidazole rings is 1. The highest BCUT2D eigenvalue weighted by Gasteiger charge is 2.18. The minimum atomic E-state index is -0.108. The van der Waals surface area contributed by atoms with Crippen molar-refractivity contribution in [1.82, 2.24) is 14.5 Å². The van der Waals surface area contributed by atoms with Crippen LogP contribution in [0.2, 0.25) is 5.02 Å². The highest BCUT2D eigenvalue weighted by Crippen LogP contribution is 2.24. The lowest BCUT2D eigenvalue weighted by atomic mass is 10.0. The van der Waals surface area contributed by atoms with Gasteiger partial charge >= 0.3 is 0 Å². The largest absolute Gasteiger partial charge is 0.346 e. The van der Waals surface area contributed by atoms with Crippen molar-refractivity contribution in [3.05, 3.63) is 71.8 Å². The van der Waals surface area contributed by atoms with E-state index in [0.29, 0.717) is 17.4 Å². The van der Waals surface area contributed by atoms with E-state index >= 15 is 0 Å². The number of aromatic amines is 1. The maximum absolute atomic E-state index is 12.2. The molecule has 0 saturated carbocycles. The quantitative estimate of drug-likeness (QED) is 0.757. The van der Waals surface area contributed by atoms with Gasteiger partial charge in [0.1, 0.15) is 0 Å². The number of nitrogens with one attached hydrogen (secondary N) is 2. The molecule has 5 nitrogen and oxygen atoms in total. The average molecular weight is 315 g/mol. The summed E-state index contributed by atoms with van der Waals surface area (Å²) in [6, 6.07) is 11.3. The molecule has 6 heteroatoms. The van der Waals surface area contributed by atoms with Crippen molar-refractivity contribution in [2.75, 3.05) is 5.32 Å². The number of amides is 1. The van der Waals surface area contributed by atoms with E-state index in [4.69, 9.17) is 11.6 Å². The third kappa shape index (κ3) is 3.38. The van der Waals surface area contributed by atoms with Crippen LogP contribution in [0.5, 0.6) is 0 Å². The van der Waals surface area contributed by atoms with Gasteiger partial charge in [0.25, 0.3) is 0 Å². The molecule has 0 unspecified atom stereocenters. The molecule has 2 aromatic heterocycles. The van der Waals surface area contributed by atoms with E-state index < -0.39 is 0 Å². The van der Waals surface area contributed by atoms with E-state index in [2.05, 4.69) is 15.3 Å². The molecule has 2 heterocycles. The zero-order chi connectivity index (χ0) is 15.4. The summed E-state index contributed by atoms with van der Waals surface area (Å²) in [6.07, 6.45) is 7.45. The van der Waals surface area contributed by atoms with Crippen LogP contribution in [0.15, 0.2) is 61.2 Å². The maximum atomic E-state index is 12.2. The zero-order valence-electron chi connectivity index (χ0n) is 11.7. The van der Waals surface area contributed by atoms with Crippen LogP contribution >= 0.6 is 11.6 Å². The summed E-state index contributed by atoms with van der Waals surface area (Å²) in [5.41, 5.74) is 1.02. The molecule has 0 radical (unpaired) electrons. The van der Waals surface area contributed by atoms with Gasteiger partial charge in [-0.2, -0.15) is 0 Å². The normalized spacial score (nSPS) is 12.0. The first-order valence-corrected chi connectivity index (χ1v) is 7.27. The fourth-order valence-corrected chi connectivity index (χ4v) is 2.45. The monoisotopic (exact) mass is 314 g/mol. The Kier molecular flexibility index (Phi) is 4.25. The summed E-state index contributed by atoms with van der Waals surface area (Å²) >= 11 is 5.94. The van der Waals surface area contributed by atoms with Crippen LogP contribution in [-0.4, -0.2) is 20.4 Å². The van der Waals surface area contributed by atoms with Gasteiger partial charge in [0.05, 0.1) is 12.5 Å². The first-order chi connectivity index (χ1) is 10.7. The van der Waals surface area contributed by atoms with Crippen molar-refractivity contribution in [2.45, 2.75) is 12.5 Å². The Morgan fingerprint density at radius 1 is 1.27 bits per heavy atom. The molecule has 0 aliphatic carbocycles. The summed E-state index contributed by atoms with van der Waals surface area (Å²) in [6.45, 7) is 0. The molecule has 0 bridgehead atoms. The number of halogens is 1. The Morgan fingerprint density at radius 3 is 2.64 bits per heavy atom. The highest BCUT2D eigenvalue weighted by molar-refractivity contribution is 6.30. The van der Waals surface area contributed by atoms with Crippen LogP contribution < -0.4 is 5.32 Å². The second-order valence-electron chi connectivity index (χ2n) is 4.89. The molecular formula is C16H15ClN4O. The summed E-state index contributed by atoms with van der Waals surface area (Å²) in [5.74, 6) is 0.343. The smallest absolute Gasteiger partial charge is 0.229 e. The van der Waals surface area contributed by atoms with Crippen molar-refractivity contribution in [1.29, 1.82) is 0 Å². The Hall–Kier alpha value is -2.53. The molecule has 3 aromatic rings. The Bertz CT molecular complexity index is 720. The van der Waals surface area contributed by atoms with Crippen molar-refractivity contribution < 1.29 is 4.79 Å². The van der Waals surface area contributed by atoms with Gasteiger partial charge in [-0.1, -0.05) is 23.7 Å². The van der Waals surface area contributed by atoms with Crippen LogP contribution in [-0.2, 0) is 4.79 Å². The molecule has 0 spiro atoms. The molecule has 112 valence electrons. The van der Waals surface area contributed by atoms with E-state index in [0.717, 1.165) is 5.56 Å². The van der Waals surface area contributed by atoms with Gasteiger partial charge in [0.2, 0.25) is 11.9 Å². The number of hydrogen-bond donors (Lipinski definition) is 2. The molecular weight excluding hydrogens is 300 g/mol. The molecule has 0 aliphatic rings. The third-order valence-corrected chi connectivity index (χ3v) is 3.63. The number of hydrogen-bond acceptors (Lipinski definition) is 2. The molecule has 2 N–H and O–H groups in total. The number of aromatic nitrogens is 3. The van der Waals surface area contributed by atoms with E-state index in [1.54, 1.807) is 12.4 Å². The average Bonchev–Trinajstić information content (AvgIpc) is 3.19. The molecule has 1 aromatic carbocycles. The predicted molar refractivity (Wildman–Crippen MR) is 85.9 cm³/mol. The van der Waals surface area contributed by atoms with Gasteiger partial charge in [0, 0.05) is 29.8 Å². The summed E-state index contributed by atoms with van der Waals surface area (Å²) in [7, 11) is 0. The van der Waals surface area contributed by atoms with Crippen molar-refractivity contribution in [3.8, 4) is 0 Å². The van der Waals surface area contributed by atoms with Crippen LogP contribution in [0.3, 0.4) is 0 Å². The third-order valence-electron chi connectivity index (χ3n) is 3.38. The number of rotatable bonds is 5. The van der Waals surface area contributed by atoms with Crippen molar-refractivity contribution in [3.63, 3.8) is 0 Å². The van der Waals surface area contributed by atoms with Gasteiger partial charge in [-0.15, -0.1) is 0 Å². The van der Waals surface area contributed by atoms with E-state index in [1.165, 1.54) is 0 Å². The summed E-state index contributed by atoms with van der Waals surface area (Å²) < 4.78 is 2.00. The molecule has 22 heavy (non-hydrogen) atoms. The van der Waals surface area contributed by atoms with E-state index in [1.807, 2.05) is 53.4 Å². The fourth-order valence-electron chi connectivity index (χ4n) is 2.33. The summed E-state index contributed by atoms with van der Waals surface area (Å²) in [5, 5.41) is 3.43. The number of anilines is 1. The number of carbonyl (C=O) groups excluding carboxylic acids is 1. The fraction of sp³-hybridized carbons (Fsp3) is 0.125. The van der Waals surface area contributed by atoms with Gasteiger partial charge in [-0.05, 0) is 29.8 Å². The second-order valence-corrected chi connectivity index (χ2v) is 5.32. The predicted octanol–water partition coefficient (Wildman–Crippen LogP) is 3.48. The van der Waals surface area contributed by atoms with Crippen molar-refractivity contribution in [2.24, 2.45) is 0 Å². The number of nitrogens with zero attached hydrogens (tertiary/aromatic N) is 2. The van der Waals surface area contributed by atoms with Crippen LogP contribution in [0.1, 0.15) is 18.0 Å². The molecule has 0 fully saturated rings. The lowest BCUT2D eigenvalue weighted by Crippen LogP contribution is -2.20. The summed E-state index contributed by atoms with van der Waals surface area (Å²) in [4.78, 5) is 19.1. The van der Waals surface area contributed by atoms with E-state index in [-0.39, 0.29) is 11.9 Å². The highest BCUT2D eigenvalue weighted by atomic mass is 35.5. The van der Waals surface area contributed by atoms with Gasteiger partial charge < -0.3 is 9.55 Å². The first-order valence-electron chi connectivity index (χ1n) is 6.89. The van der Waals surface area contributed by atoms with Gasteiger partial charge in [-0.3, -0.25) is 10.1 Å².